The maximum atomic E-state index is 8.93. The van der Waals surface area contributed by atoms with Gasteiger partial charge in [0.1, 0.15) is 46.6 Å². The molecule has 0 atom stereocenters. The molecule has 462 valence electrons. The summed E-state index contributed by atoms with van der Waals surface area (Å²) in [6.45, 7) is 10.2. The third kappa shape index (κ3) is 11.2. The Hall–Kier alpha value is -12.5. The van der Waals surface area contributed by atoms with Crippen molar-refractivity contribution in [2.75, 3.05) is 28.4 Å². The van der Waals surface area contributed by atoms with E-state index >= 15 is 0 Å². The molecule has 1 spiro atoms. The lowest BCUT2D eigenvalue weighted by Gasteiger charge is -2.38. The predicted octanol–water partition coefficient (Wildman–Crippen LogP) is 14.1. The third-order valence-electron chi connectivity index (χ3n) is 16.7. The zero-order chi connectivity index (χ0) is 65.9. The molecule has 15 nitrogen and oxygen atoms in total. The van der Waals surface area contributed by atoms with Crippen LogP contribution in [0.15, 0.2) is 257 Å². The van der Waals surface area contributed by atoms with Gasteiger partial charge in [-0.1, -0.05) is 129 Å². The van der Waals surface area contributed by atoms with Crippen molar-refractivity contribution < 1.29 is 42.0 Å². The van der Waals surface area contributed by atoms with Gasteiger partial charge < -0.3 is 23.7 Å². The quantitative estimate of drug-likeness (QED) is 0.150. The van der Waals surface area contributed by atoms with Crippen molar-refractivity contribution in [3.05, 3.63) is 320 Å². The molecular weight excluding hydrogens is 1180 g/mol. The average Bonchev–Trinajstić information content (AvgIpc) is 1.48. The van der Waals surface area contributed by atoms with E-state index in [0.717, 1.165) is 120 Å². The number of hydrogen-bond donors (Lipinski definition) is 0. The molecule has 0 saturated heterocycles. The van der Waals surface area contributed by atoms with E-state index in [2.05, 4.69) is 115 Å². The Kier molecular flexibility index (Phi) is 16.8. The van der Waals surface area contributed by atoms with Crippen molar-refractivity contribution >= 4 is 46.7 Å². The summed E-state index contributed by atoms with van der Waals surface area (Å²) in [5.74, 6) is 11.2. The molecule has 0 radical (unpaired) electrons. The maximum Gasteiger partial charge on any atom is 0.491 e. The number of hydrogen-bond acceptors (Lipinski definition) is 11. The topological polar surface area (TPSA) is 155 Å². The van der Waals surface area contributed by atoms with Gasteiger partial charge in [0.05, 0.1) is 84.1 Å². The maximum absolute atomic E-state index is 8.93. The van der Waals surface area contributed by atoms with Crippen LogP contribution in [0.3, 0.4) is 0 Å². The number of benzene rings is 10. The van der Waals surface area contributed by atoms with Gasteiger partial charge >= 0.3 is 5.91 Å². The second-order valence-electron chi connectivity index (χ2n) is 23.1. The summed E-state index contributed by atoms with van der Waals surface area (Å²) in [5, 5.41) is 17.8. The molecule has 0 bridgehead atoms. The van der Waals surface area contributed by atoms with Crippen molar-refractivity contribution in [2.45, 2.75) is 40.5 Å². The fourth-order valence-corrected chi connectivity index (χ4v) is 12.4. The second-order valence-corrected chi connectivity index (χ2v) is 23.1. The Morgan fingerprint density at radius 3 is 0.789 bits per heavy atom. The number of amidine groups is 8. The molecule has 0 amide bonds. The Bertz CT molecular complexity index is 4630. The van der Waals surface area contributed by atoms with Crippen LogP contribution in [0.2, 0.25) is 0 Å². The molecule has 0 saturated carbocycles. The first-order chi connectivity index (χ1) is 46.4. The van der Waals surface area contributed by atoms with Crippen LogP contribution in [-0.4, -0.2) is 99.3 Å². The highest BCUT2D eigenvalue weighted by molar-refractivity contribution is 6.30. The number of nitriles is 2. The van der Waals surface area contributed by atoms with Crippen LogP contribution in [0, 0.1) is 57.3 Å². The standard InChI is InChI=1S/C33H16N8.C15H10N2O.4C8H10O/c1-2-10-18-17(9-1)25-34-27-19-11-3-4-12-20(19)29-36-31-23-15-7-8-16-24(23)32-37-30-22-14-6-5-13-21(22)28-35-26(18)38(25)33(39(27)29,40(28)30)41(31)32;1-11-3-2-4-14(7-11)18-15-6-5-12(9-16)13(8-15)10-17;4*1-7-4-3-5-8(6-7)9-2/h1-16H;2-8H,1H3;4*3-6H,1-2H3/q+4;;;;;. The van der Waals surface area contributed by atoms with Gasteiger partial charge in [-0.3, -0.25) is 0 Å². The van der Waals surface area contributed by atoms with Crippen molar-refractivity contribution in [1.29, 1.82) is 10.5 Å². The summed E-state index contributed by atoms with van der Waals surface area (Å²) < 4.78 is 34.9. The highest BCUT2D eigenvalue weighted by atomic mass is 16.5. The molecule has 15 heteroatoms. The lowest BCUT2D eigenvalue weighted by atomic mass is 10.1. The van der Waals surface area contributed by atoms with E-state index in [9.17, 15) is 0 Å². The molecule has 95 heavy (non-hydrogen) atoms. The molecule has 8 aliphatic heterocycles. The zero-order valence-electron chi connectivity index (χ0n) is 54.0. The van der Waals surface area contributed by atoms with E-state index in [1.165, 1.54) is 22.3 Å². The molecule has 0 fully saturated rings. The molecule has 0 aromatic heterocycles. The molecule has 10 aromatic carbocycles. The Morgan fingerprint density at radius 2 is 0.537 bits per heavy atom. The lowest BCUT2D eigenvalue weighted by Crippen LogP contribution is -2.76. The Balaban J connectivity index is 0.000000124. The van der Waals surface area contributed by atoms with Crippen molar-refractivity contribution in [1.82, 2.24) is 0 Å². The van der Waals surface area contributed by atoms with E-state index in [-0.39, 0.29) is 0 Å². The lowest BCUT2D eigenvalue weighted by molar-refractivity contribution is -1.06. The van der Waals surface area contributed by atoms with Gasteiger partial charge in [0.2, 0.25) is 0 Å². The summed E-state index contributed by atoms with van der Waals surface area (Å²) in [6, 6.07) is 82.3. The average molecular weight is 1250 g/mol. The minimum atomic E-state index is -0.923. The number of ether oxygens (including phenoxy) is 5. The number of aryl methyl sites for hydroxylation is 5. The first-order valence-corrected chi connectivity index (χ1v) is 30.9. The van der Waals surface area contributed by atoms with Crippen LogP contribution in [-0.2, 0) is 0 Å². The molecule has 8 aliphatic rings. The first-order valence-electron chi connectivity index (χ1n) is 30.9. The van der Waals surface area contributed by atoms with Crippen molar-refractivity contribution in [2.24, 2.45) is 20.0 Å². The fourth-order valence-electron chi connectivity index (χ4n) is 12.4. The van der Waals surface area contributed by atoms with Crippen LogP contribution in [0.5, 0.6) is 34.5 Å². The minimum Gasteiger partial charge on any atom is -0.497 e. The Labute approximate surface area is 552 Å². The summed E-state index contributed by atoms with van der Waals surface area (Å²) in [5.41, 5.74) is 15.4. The Morgan fingerprint density at radius 1 is 0.284 bits per heavy atom. The number of aliphatic imine (C=N–C) groups is 4. The van der Waals surface area contributed by atoms with Gasteiger partial charge in [0.25, 0.3) is 46.7 Å². The normalized spacial score (nSPS) is 14.3. The summed E-state index contributed by atoms with van der Waals surface area (Å²) in [4.78, 5) is 21.7. The highest BCUT2D eigenvalue weighted by Crippen LogP contribution is 2.47. The number of methoxy groups -OCH3 is 4. The minimum absolute atomic E-state index is 0.322. The van der Waals surface area contributed by atoms with Crippen LogP contribution >= 0.6 is 0 Å². The molecule has 18 rings (SSSR count). The molecule has 0 unspecified atom stereocenters. The highest BCUT2D eigenvalue weighted by Gasteiger charge is 2.77. The predicted molar refractivity (Wildman–Crippen MR) is 370 cm³/mol. The van der Waals surface area contributed by atoms with Crippen LogP contribution in [0.25, 0.3) is 0 Å². The molecule has 0 N–H and O–H groups in total. The van der Waals surface area contributed by atoms with E-state index in [0.29, 0.717) is 22.6 Å². The van der Waals surface area contributed by atoms with Gasteiger partial charge in [0, 0.05) is 0 Å². The first kappa shape index (κ1) is 61.4. The summed E-state index contributed by atoms with van der Waals surface area (Å²) in [7, 11) is 6.70. The van der Waals surface area contributed by atoms with E-state index in [1.54, 1.807) is 46.6 Å². The van der Waals surface area contributed by atoms with Crippen LogP contribution in [0.4, 0.5) is 0 Å². The molecule has 10 aromatic rings. The fraction of sp³-hybridized carbons (Fsp3) is 0.125. The van der Waals surface area contributed by atoms with Gasteiger partial charge in [-0.15, -0.1) is 18.3 Å². The van der Waals surface area contributed by atoms with E-state index in [1.807, 2.05) is 168 Å². The molecule has 8 heterocycles. The third-order valence-corrected chi connectivity index (χ3v) is 16.7. The van der Waals surface area contributed by atoms with Crippen molar-refractivity contribution in [3.8, 4) is 46.6 Å². The number of fused-ring (bicyclic) bond motifs is 12. The van der Waals surface area contributed by atoms with Crippen LogP contribution < -0.4 is 23.7 Å². The summed E-state index contributed by atoms with van der Waals surface area (Å²) in [6.07, 6.45) is 0. The van der Waals surface area contributed by atoms with E-state index < -0.39 is 5.91 Å². The second kappa shape index (κ2) is 26.0. The zero-order valence-corrected chi connectivity index (χ0v) is 54.0. The van der Waals surface area contributed by atoms with Gasteiger partial charge in [-0.2, -0.15) is 10.5 Å². The van der Waals surface area contributed by atoms with Gasteiger partial charge in [-0.25, -0.2) is 0 Å². The summed E-state index contributed by atoms with van der Waals surface area (Å²) >= 11 is 0. The van der Waals surface area contributed by atoms with E-state index in [4.69, 9.17) is 54.2 Å². The van der Waals surface area contributed by atoms with Crippen molar-refractivity contribution in [3.63, 3.8) is 0 Å². The monoisotopic (exact) mass is 1250 g/mol. The van der Waals surface area contributed by atoms with Crippen LogP contribution in [0.1, 0.15) is 83.5 Å². The SMILES string of the molecule is COc1cccc(C)c1.COc1cccc(C)c1.COc1cccc(C)c1.COc1cccc(C)c1.Cc1cccc(Oc2ccc(C#N)c(C#N)c2)c1.c1ccc2c(c1)C1=NC3=[N+]4C(=NC5=[N+]6C(=NC7=[N+]8C(=NC2=[N+]1C846)c1ccccc17)c1ccccc15)c1ccccc13. The number of nitrogens with zero attached hydrogens (tertiary/aromatic N) is 10. The van der Waals surface area contributed by atoms with Gasteiger partial charge in [0.15, 0.2) is 0 Å². The molecular formula is C80H66N10O5+4. The molecule has 0 aliphatic carbocycles. The smallest absolute Gasteiger partial charge is 0.491 e. The number of rotatable bonds is 6. The largest absolute Gasteiger partial charge is 0.497 e. The van der Waals surface area contributed by atoms with Gasteiger partial charge in [-0.05, 0) is 190 Å².